The minimum atomic E-state index is -0.461. The smallest absolute Gasteiger partial charge is 0.288 e. The van der Waals surface area contributed by atoms with E-state index in [0.717, 1.165) is 23.2 Å². The molecule has 0 fully saturated rings. The molecule has 1 N–H and O–H groups in total. The number of rotatable bonds is 2. The van der Waals surface area contributed by atoms with Crippen molar-refractivity contribution in [1.82, 2.24) is 0 Å². The lowest BCUT2D eigenvalue weighted by atomic mass is 9.77. The lowest BCUT2D eigenvalue weighted by Crippen LogP contribution is -2.29. The Bertz CT molecular complexity index is 913. The van der Waals surface area contributed by atoms with Gasteiger partial charge in [0.2, 0.25) is 0 Å². The fraction of sp³-hybridized carbons (Fsp3) is 0.222. The third-order valence-electron chi connectivity index (χ3n) is 4.95. The molecule has 0 spiro atoms. The molecule has 0 saturated carbocycles. The van der Waals surface area contributed by atoms with Crippen molar-refractivity contribution in [3.63, 3.8) is 0 Å². The summed E-state index contributed by atoms with van der Waals surface area (Å²) in [5.74, 6) is 0.455. The first-order valence-electron chi connectivity index (χ1n) is 7.82. The molecule has 4 nitrogen and oxygen atoms in total. The molecule has 7 heteroatoms. The zero-order valence-corrected chi connectivity index (χ0v) is 15.1. The lowest BCUT2D eigenvalue weighted by molar-refractivity contribution is -0.384. The van der Waals surface area contributed by atoms with Gasteiger partial charge in [-0.1, -0.05) is 59.1 Å². The third kappa shape index (κ3) is 2.69. The number of fused-ring (bicyclic) bond motifs is 3. The van der Waals surface area contributed by atoms with Crippen LogP contribution < -0.4 is 5.32 Å². The fourth-order valence-corrected chi connectivity index (χ4v) is 4.37. The number of anilines is 1. The SMILES string of the molecule is O=[N+]([O-])c1cc([C@@H]2Nc3c(ccc(Cl)c3Cl)[C@H]3C=CC[C@@H]32)ccc1Cl. The summed E-state index contributed by atoms with van der Waals surface area (Å²) in [5, 5.41) is 15.8. The van der Waals surface area contributed by atoms with E-state index in [0.29, 0.717) is 10.0 Å². The van der Waals surface area contributed by atoms with E-state index < -0.39 is 4.92 Å². The molecule has 128 valence electrons. The molecule has 2 aromatic carbocycles. The summed E-state index contributed by atoms with van der Waals surface area (Å²) in [7, 11) is 0. The zero-order valence-electron chi connectivity index (χ0n) is 12.9. The van der Waals surface area contributed by atoms with E-state index in [1.165, 1.54) is 0 Å². The van der Waals surface area contributed by atoms with Gasteiger partial charge in [-0.2, -0.15) is 0 Å². The van der Waals surface area contributed by atoms with Crippen LogP contribution in [0.5, 0.6) is 0 Å². The normalized spacial score (nSPS) is 23.7. The average Bonchev–Trinajstić information content (AvgIpc) is 3.07. The Morgan fingerprint density at radius 1 is 1.12 bits per heavy atom. The standard InChI is InChI=1S/C18H13Cl3N2O2/c19-13-6-4-9(8-15(13)23(24)25)17-11-3-1-2-10(11)12-5-7-14(20)16(21)18(12)22-17/h1-2,4-8,10-11,17,22H,3H2/t10-,11-,17-/m0/s1. The summed E-state index contributed by atoms with van der Waals surface area (Å²) in [6, 6.07) is 8.62. The molecule has 1 heterocycles. The molecule has 0 unspecified atom stereocenters. The Labute approximate surface area is 159 Å². The lowest BCUT2D eigenvalue weighted by Gasteiger charge is -2.38. The molecule has 0 bridgehead atoms. The van der Waals surface area contributed by atoms with Gasteiger partial charge in [-0.25, -0.2) is 0 Å². The van der Waals surface area contributed by atoms with E-state index in [1.807, 2.05) is 12.1 Å². The van der Waals surface area contributed by atoms with Crippen LogP contribution in [-0.2, 0) is 0 Å². The van der Waals surface area contributed by atoms with Crippen molar-refractivity contribution in [2.75, 3.05) is 5.32 Å². The van der Waals surface area contributed by atoms with E-state index in [4.69, 9.17) is 34.8 Å². The van der Waals surface area contributed by atoms with Crippen LogP contribution in [0.15, 0.2) is 42.5 Å². The number of halogens is 3. The van der Waals surface area contributed by atoms with Crippen molar-refractivity contribution in [3.8, 4) is 0 Å². The summed E-state index contributed by atoms with van der Waals surface area (Å²) in [5.41, 5.74) is 2.63. The first-order valence-corrected chi connectivity index (χ1v) is 8.95. The molecule has 0 radical (unpaired) electrons. The van der Waals surface area contributed by atoms with Crippen LogP contribution in [0.2, 0.25) is 15.1 Å². The summed E-state index contributed by atoms with van der Waals surface area (Å²) < 4.78 is 0. The number of hydrogen-bond donors (Lipinski definition) is 1. The summed E-state index contributed by atoms with van der Waals surface area (Å²) >= 11 is 18.5. The monoisotopic (exact) mass is 394 g/mol. The minimum Gasteiger partial charge on any atom is -0.376 e. The van der Waals surface area contributed by atoms with Crippen LogP contribution in [0.4, 0.5) is 11.4 Å². The Kier molecular flexibility index (Phi) is 4.14. The van der Waals surface area contributed by atoms with Gasteiger partial charge in [-0.15, -0.1) is 0 Å². The number of hydrogen-bond acceptors (Lipinski definition) is 3. The van der Waals surface area contributed by atoms with Crippen LogP contribution in [0.1, 0.15) is 29.5 Å². The maximum Gasteiger partial charge on any atom is 0.288 e. The molecule has 2 aromatic rings. The molecule has 0 amide bonds. The van der Waals surface area contributed by atoms with Gasteiger partial charge in [0, 0.05) is 12.0 Å². The second-order valence-electron chi connectivity index (χ2n) is 6.27. The van der Waals surface area contributed by atoms with Crippen LogP contribution in [-0.4, -0.2) is 4.92 Å². The first-order chi connectivity index (χ1) is 12.0. The van der Waals surface area contributed by atoms with Gasteiger partial charge >= 0.3 is 0 Å². The first kappa shape index (κ1) is 16.7. The number of nitrogens with one attached hydrogen (secondary N) is 1. The Morgan fingerprint density at radius 2 is 1.88 bits per heavy atom. The molecule has 25 heavy (non-hydrogen) atoms. The quantitative estimate of drug-likeness (QED) is 0.364. The summed E-state index contributed by atoms with van der Waals surface area (Å²) in [4.78, 5) is 10.8. The van der Waals surface area contributed by atoms with Gasteiger partial charge in [-0.3, -0.25) is 10.1 Å². The molecule has 1 aliphatic heterocycles. The third-order valence-corrected chi connectivity index (χ3v) is 6.08. The number of benzene rings is 2. The maximum absolute atomic E-state index is 11.2. The van der Waals surface area contributed by atoms with E-state index in [9.17, 15) is 10.1 Å². The van der Waals surface area contributed by atoms with Gasteiger partial charge in [0.15, 0.2) is 0 Å². The van der Waals surface area contributed by atoms with Gasteiger partial charge < -0.3 is 5.32 Å². The van der Waals surface area contributed by atoms with Crippen LogP contribution >= 0.6 is 34.8 Å². The molecule has 2 aliphatic rings. The van der Waals surface area contributed by atoms with E-state index in [1.54, 1.807) is 18.2 Å². The van der Waals surface area contributed by atoms with Crippen LogP contribution in [0, 0.1) is 16.0 Å². The van der Waals surface area contributed by atoms with E-state index in [2.05, 4.69) is 17.5 Å². The van der Waals surface area contributed by atoms with Gasteiger partial charge in [-0.05, 0) is 35.6 Å². The molecule has 4 rings (SSSR count). The second kappa shape index (κ2) is 6.20. The highest BCUT2D eigenvalue weighted by Gasteiger charge is 2.39. The number of nitro groups is 1. The predicted octanol–water partition coefficient (Wildman–Crippen LogP) is 6.38. The molecule has 0 aromatic heterocycles. The Balaban J connectivity index is 1.83. The van der Waals surface area contributed by atoms with Crippen molar-refractivity contribution in [2.24, 2.45) is 5.92 Å². The van der Waals surface area contributed by atoms with Crippen molar-refractivity contribution < 1.29 is 4.92 Å². The van der Waals surface area contributed by atoms with Gasteiger partial charge in [0.25, 0.3) is 5.69 Å². The average molecular weight is 396 g/mol. The molecule has 0 saturated heterocycles. The van der Waals surface area contributed by atoms with Crippen molar-refractivity contribution in [1.29, 1.82) is 0 Å². The Hall–Kier alpha value is -1.75. The highest BCUT2D eigenvalue weighted by atomic mass is 35.5. The summed E-state index contributed by atoms with van der Waals surface area (Å²) in [6.07, 6.45) is 5.20. The summed E-state index contributed by atoms with van der Waals surface area (Å²) in [6.45, 7) is 0. The van der Waals surface area contributed by atoms with Crippen molar-refractivity contribution >= 4 is 46.2 Å². The van der Waals surface area contributed by atoms with Crippen molar-refractivity contribution in [2.45, 2.75) is 18.4 Å². The second-order valence-corrected chi connectivity index (χ2v) is 7.46. The van der Waals surface area contributed by atoms with Crippen molar-refractivity contribution in [3.05, 3.63) is 78.8 Å². The fourth-order valence-electron chi connectivity index (χ4n) is 3.80. The molecule has 3 atom stereocenters. The number of nitrogens with zero attached hydrogens (tertiary/aromatic N) is 1. The van der Waals surface area contributed by atoms with Crippen LogP contribution in [0.25, 0.3) is 0 Å². The minimum absolute atomic E-state index is 0.0912. The van der Waals surface area contributed by atoms with E-state index >= 15 is 0 Å². The molecular formula is C18H13Cl3N2O2. The van der Waals surface area contributed by atoms with Gasteiger partial charge in [0.1, 0.15) is 5.02 Å². The maximum atomic E-state index is 11.2. The predicted molar refractivity (Wildman–Crippen MR) is 101 cm³/mol. The van der Waals surface area contributed by atoms with E-state index in [-0.39, 0.29) is 28.6 Å². The topological polar surface area (TPSA) is 55.2 Å². The molecular weight excluding hydrogens is 383 g/mol. The highest BCUT2D eigenvalue weighted by Crippen LogP contribution is 2.52. The number of nitro benzene ring substituents is 1. The zero-order chi connectivity index (χ0) is 17.7. The van der Waals surface area contributed by atoms with Crippen LogP contribution in [0.3, 0.4) is 0 Å². The van der Waals surface area contributed by atoms with Gasteiger partial charge in [0.05, 0.1) is 26.7 Å². The molecule has 1 aliphatic carbocycles. The largest absolute Gasteiger partial charge is 0.376 e. The Morgan fingerprint density at radius 3 is 2.64 bits per heavy atom. The highest BCUT2D eigenvalue weighted by molar-refractivity contribution is 6.43. The number of allylic oxidation sites excluding steroid dienone is 2.